The molecule has 0 aromatic heterocycles. The van der Waals surface area contributed by atoms with E-state index in [4.69, 9.17) is 5.26 Å². The molecule has 0 N–H and O–H groups in total. The highest BCUT2D eigenvalue weighted by atomic mass is 16.2. The summed E-state index contributed by atoms with van der Waals surface area (Å²) in [7, 11) is 0. The number of hydrogen-bond acceptors (Lipinski definition) is 1. The molecule has 0 fully saturated rings. The van der Waals surface area contributed by atoms with E-state index in [0.717, 1.165) is 5.56 Å². The molecule has 0 aliphatic rings. The summed E-state index contributed by atoms with van der Waals surface area (Å²) in [4.78, 5) is 0. The van der Waals surface area contributed by atoms with Crippen LogP contribution in [-0.4, -0.2) is 6.61 Å². The standard InChI is InChI=1S/C9H8NO/c10-7-9-3-1-2-8(6-9)4-5-11/h1-3,6H,4-5H2. The van der Waals surface area contributed by atoms with E-state index in [9.17, 15) is 5.11 Å². The van der Waals surface area contributed by atoms with Crippen LogP contribution in [0.2, 0.25) is 0 Å². The first-order valence-corrected chi connectivity index (χ1v) is 3.44. The van der Waals surface area contributed by atoms with E-state index in [2.05, 4.69) is 0 Å². The van der Waals surface area contributed by atoms with Crippen LogP contribution in [-0.2, 0) is 11.5 Å². The molecule has 0 aliphatic carbocycles. The molecular weight excluding hydrogens is 138 g/mol. The second kappa shape index (κ2) is 3.75. The van der Waals surface area contributed by atoms with Crippen LogP contribution < -0.4 is 0 Å². The minimum atomic E-state index is -0.116. The molecular formula is C9H8NO. The van der Waals surface area contributed by atoms with Gasteiger partial charge in [-0.3, -0.25) is 0 Å². The summed E-state index contributed by atoms with van der Waals surface area (Å²) in [6, 6.07) is 9.16. The second-order valence-corrected chi connectivity index (χ2v) is 2.27. The largest absolute Gasteiger partial charge is 0.236 e. The third-order valence-electron chi connectivity index (χ3n) is 1.45. The van der Waals surface area contributed by atoms with Crippen molar-refractivity contribution in [3.8, 4) is 6.07 Å². The highest BCUT2D eigenvalue weighted by molar-refractivity contribution is 5.32. The molecule has 2 heteroatoms. The maximum absolute atomic E-state index is 10.2. The molecule has 55 valence electrons. The quantitative estimate of drug-likeness (QED) is 0.624. The van der Waals surface area contributed by atoms with E-state index in [-0.39, 0.29) is 6.61 Å². The van der Waals surface area contributed by atoms with E-state index >= 15 is 0 Å². The van der Waals surface area contributed by atoms with Crippen molar-refractivity contribution in [1.82, 2.24) is 0 Å². The molecule has 0 saturated heterocycles. The summed E-state index contributed by atoms with van der Waals surface area (Å²) in [6.07, 6.45) is 0.509. The molecule has 0 heterocycles. The Hall–Kier alpha value is -1.33. The molecule has 1 aromatic carbocycles. The van der Waals surface area contributed by atoms with Crippen molar-refractivity contribution < 1.29 is 5.11 Å². The summed E-state index contributed by atoms with van der Waals surface area (Å²) in [5.74, 6) is 0. The van der Waals surface area contributed by atoms with E-state index in [1.165, 1.54) is 0 Å². The highest BCUT2D eigenvalue weighted by Crippen LogP contribution is 2.03. The van der Waals surface area contributed by atoms with Crippen LogP contribution in [0.25, 0.3) is 0 Å². The summed E-state index contributed by atoms with van der Waals surface area (Å²) in [6.45, 7) is -0.116. The Balaban J connectivity index is 2.85. The fourth-order valence-electron chi connectivity index (χ4n) is 0.914. The molecule has 0 spiro atoms. The third-order valence-corrected chi connectivity index (χ3v) is 1.45. The molecule has 0 bridgehead atoms. The molecule has 0 aliphatic heterocycles. The van der Waals surface area contributed by atoms with Crippen LogP contribution in [0.15, 0.2) is 24.3 Å². The van der Waals surface area contributed by atoms with Gasteiger partial charge in [-0.2, -0.15) is 5.26 Å². The predicted molar refractivity (Wildman–Crippen MR) is 40.4 cm³/mol. The molecule has 0 amide bonds. The molecule has 0 saturated carbocycles. The van der Waals surface area contributed by atoms with Crippen LogP contribution in [0.5, 0.6) is 0 Å². The Morgan fingerprint density at radius 2 is 2.27 bits per heavy atom. The fourth-order valence-corrected chi connectivity index (χ4v) is 0.914. The Kier molecular flexibility index (Phi) is 2.65. The number of rotatable bonds is 2. The van der Waals surface area contributed by atoms with E-state index < -0.39 is 0 Å². The van der Waals surface area contributed by atoms with Gasteiger partial charge >= 0.3 is 0 Å². The lowest BCUT2D eigenvalue weighted by Crippen LogP contribution is -1.88. The van der Waals surface area contributed by atoms with Gasteiger partial charge in [0, 0.05) is 0 Å². The van der Waals surface area contributed by atoms with Crippen molar-refractivity contribution in [2.75, 3.05) is 6.61 Å². The van der Waals surface area contributed by atoms with Crippen molar-refractivity contribution in [2.24, 2.45) is 0 Å². The van der Waals surface area contributed by atoms with Crippen LogP contribution in [0.4, 0.5) is 0 Å². The third kappa shape index (κ3) is 2.06. The molecule has 1 aromatic rings. The van der Waals surface area contributed by atoms with Gasteiger partial charge in [0.15, 0.2) is 0 Å². The minimum absolute atomic E-state index is 0.116. The molecule has 11 heavy (non-hydrogen) atoms. The SMILES string of the molecule is N#Cc1cccc(CC[O])c1. The van der Waals surface area contributed by atoms with Crippen LogP contribution in [0.1, 0.15) is 11.1 Å². The maximum Gasteiger partial charge on any atom is 0.0991 e. The van der Waals surface area contributed by atoms with Gasteiger partial charge in [-0.25, -0.2) is 5.11 Å². The van der Waals surface area contributed by atoms with Crippen LogP contribution >= 0.6 is 0 Å². The number of nitriles is 1. The van der Waals surface area contributed by atoms with Crippen LogP contribution in [0, 0.1) is 11.3 Å². The number of nitrogens with zero attached hydrogens (tertiary/aromatic N) is 1. The first-order chi connectivity index (χ1) is 5.36. The highest BCUT2D eigenvalue weighted by Gasteiger charge is 1.93. The molecule has 0 unspecified atom stereocenters. The number of hydrogen-bond donors (Lipinski definition) is 0. The Bertz CT molecular complexity index is 275. The van der Waals surface area contributed by atoms with Crippen molar-refractivity contribution in [2.45, 2.75) is 6.42 Å². The lowest BCUT2D eigenvalue weighted by atomic mass is 10.1. The van der Waals surface area contributed by atoms with Gasteiger partial charge < -0.3 is 0 Å². The van der Waals surface area contributed by atoms with Gasteiger partial charge in [-0.1, -0.05) is 12.1 Å². The van der Waals surface area contributed by atoms with Crippen molar-refractivity contribution >= 4 is 0 Å². The zero-order valence-corrected chi connectivity index (χ0v) is 6.08. The predicted octanol–water partition coefficient (Wildman–Crippen LogP) is 1.53. The smallest absolute Gasteiger partial charge is 0.0991 e. The van der Waals surface area contributed by atoms with Crippen molar-refractivity contribution in [3.05, 3.63) is 35.4 Å². The molecule has 1 radical (unpaired) electrons. The normalized spacial score (nSPS) is 9.09. The Morgan fingerprint density at radius 1 is 1.45 bits per heavy atom. The minimum Gasteiger partial charge on any atom is -0.236 e. The first kappa shape index (κ1) is 7.77. The summed E-state index contributed by atoms with van der Waals surface area (Å²) < 4.78 is 0. The van der Waals surface area contributed by atoms with E-state index in [1.807, 2.05) is 12.1 Å². The van der Waals surface area contributed by atoms with Gasteiger partial charge in [-0.15, -0.1) is 0 Å². The van der Waals surface area contributed by atoms with Crippen molar-refractivity contribution in [1.29, 1.82) is 5.26 Å². The summed E-state index contributed by atoms with van der Waals surface area (Å²) >= 11 is 0. The first-order valence-electron chi connectivity index (χ1n) is 3.44. The summed E-state index contributed by atoms with van der Waals surface area (Å²) in [5, 5.41) is 18.7. The maximum atomic E-state index is 10.2. The van der Waals surface area contributed by atoms with E-state index in [0.29, 0.717) is 12.0 Å². The molecule has 1 rings (SSSR count). The van der Waals surface area contributed by atoms with Gasteiger partial charge in [0.25, 0.3) is 0 Å². The zero-order chi connectivity index (χ0) is 8.10. The van der Waals surface area contributed by atoms with Crippen molar-refractivity contribution in [3.63, 3.8) is 0 Å². The van der Waals surface area contributed by atoms with Crippen LogP contribution in [0.3, 0.4) is 0 Å². The van der Waals surface area contributed by atoms with E-state index in [1.54, 1.807) is 18.2 Å². The van der Waals surface area contributed by atoms with Gasteiger partial charge in [-0.05, 0) is 24.1 Å². The topological polar surface area (TPSA) is 43.7 Å². The second-order valence-electron chi connectivity index (χ2n) is 2.27. The zero-order valence-electron chi connectivity index (χ0n) is 6.08. The lowest BCUT2D eigenvalue weighted by Gasteiger charge is -1.95. The average Bonchev–Trinajstić information content (AvgIpc) is 2.06. The van der Waals surface area contributed by atoms with Gasteiger partial charge in [0.2, 0.25) is 0 Å². The molecule has 2 nitrogen and oxygen atoms in total. The average molecular weight is 146 g/mol. The van der Waals surface area contributed by atoms with Gasteiger partial charge in [0.05, 0.1) is 18.2 Å². The summed E-state index contributed by atoms with van der Waals surface area (Å²) in [5.41, 5.74) is 1.56. The molecule has 0 atom stereocenters. The Labute approximate surface area is 65.7 Å². The monoisotopic (exact) mass is 146 g/mol. The fraction of sp³-hybridized carbons (Fsp3) is 0.222. The number of benzene rings is 1. The van der Waals surface area contributed by atoms with Gasteiger partial charge in [0.1, 0.15) is 0 Å². The lowest BCUT2D eigenvalue weighted by molar-refractivity contribution is 0.197. The Morgan fingerprint density at radius 3 is 2.91 bits per heavy atom.